The molecule has 0 bridgehead atoms. The highest BCUT2D eigenvalue weighted by Gasteiger charge is 2.17. The molecule has 2 aromatic carbocycles. The Balaban J connectivity index is 1.48. The van der Waals surface area contributed by atoms with Crippen LogP contribution in [0.15, 0.2) is 48.7 Å². The van der Waals surface area contributed by atoms with Gasteiger partial charge in [-0.05, 0) is 30.3 Å². The highest BCUT2D eigenvalue weighted by molar-refractivity contribution is 7.17. The summed E-state index contributed by atoms with van der Waals surface area (Å²) in [6.07, 6.45) is 1.39. The Morgan fingerprint density at radius 2 is 1.89 bits per heavy atom. The molecule has 5 nitrogen and oxygen atoms in total. The molecule has 0 atom stereocenters. The minimum atomic E-state index is -0.418. The first kappa shape index (κ1) is 18.5. The zero-order valence-electron chi connectivity index (χ0n) is 14.8. The van der Waals surface area contributed by atoms with E-state index >= 15 is 0 Å². The quantitative estimate of drug-likeness (QED) is 0.713. The molecule has 1 aliphatic heterocycles. The number of ether oxygens (including phenoxy) is 1. The fourth-order valence-electron chi connectivity index (χ4n) is 2.98. The van der Waals surface area contributed by atoms with Gasteiger partial charge < -0.3 is 15.0 Å². The lowest BCUT2D eigenvalue weighted by Gasteiger charge is -2.29. The molecular weight excluding hydrogens is 384 g/mol. The number of nitrogens with zero attached hydrogens (tertiary/aromatic N) is 2. The summed E-state index contributed by atoms with van der Waals surface area (Å²) in [5.74, 6) is -1.22. The number of rotatable bonds is 4. The summed E-state index contributed by atoms with van der Waals surface area (Å²) in [6.45, 7) is 2.38. The molecule has 3 aromatic rings. The normalized spacial score (nSPS) is 14.1. The number of hydrogen-bond donors (Lipinski definition) is 1. The fraction of sp³-hybridized carbons (Fsp3) is 0.200. The van der Waals surface area contributed by atoms with E-state index in [-0.39, 0.29) is 0 Å². The van der Waals surface area contributed by atoms with Gasteiger partial charge in [0, 0.05) is 24.3 Å². The SMILES string of the molecule is O=C(Nc1ccc(N2CCOCC2)c(F)c1)c1cnc(-c2ccccc2F)s1. The zero-order valence-corrected chi connectivity index (χ0v) is 15.6. The van der Waals surface area contributed by atoms with Crippen molar-refractivity contribution in [1.29, 1.82) is 0 Å². The van der Waals surface area contributed by atoms with Gasteiger partial charge in [0.25, 0.3) is 5.91 Å². The molecule has 8 heteroatoms. The fourth-order valence-corrected chi connectivity index (χ4v) is 3.81. The second kappa shape index (κ2) is 8.04. The second-order valence-electron chi connectivity index (χ2n) is 6.23. The topological polar surface area (TPSA) is 54.5 Å². The van der Waals surface area contributed by atoms with Crippen molar-refractivity contribution in [2.75, 3.05) is 36.5 Å². The van der Waals surface area contributed by atoms with Crippen LogP contribution < -0.4 is 10.2 Å². The Hall–Kier alpha value is -2.84. The van der Waals surface area contributed by atoms with Crippen LogP contribution >= 0.6 is 11.3 Å². The van der Waals surface area contributed by atoms with Crippen LogP contribution in [-0.2, 0) is 4.74 Å². The minimum Gasteiger partial charge on any atom is -0.378 e. The van der Waals surface area contributed by atoms with Crippen molar-refractivity contribution in [2.24, 2.45) is 0 Å². The van der Waals surface area contributed by atoms with Crippen molar-refractivity contribution < 1.29 is 18.3 Å². The molecule has 0 spiro atoms. The van der Waals surface area contributed by atoms with E-state index in [4.69, 9.17) is 4.74 Å². The third-order valence-corrected chi connectivity index (χ3v) is 5.42. The van der Waals surface area contributed by atoms with Crippen LogP contribution in [0.25, 0.3) is 10.6 Å². The molecule has 0 saturated carbocycles. The van der Waals surface area contributed by atoms with Crippen molar-refractivity contribution in [1.82, 2.24) is 4.98 Å². The molecule has 28 heavy (non-hydrogen) atoms. The van der Waals surface area contributed by atoms with Crippen molar-refractivity contribution in [3.63, 3.8) is 0 Å². The molecule has 1 N–H and O–H groups in total. The summed E-state index contributed by atoms with van der Waals surface area (Å²) < 4.78 is 33.6. The largest absolute Gasteiger partial charge is 0.378 e. The first-order chi connectivity index (χ1) is 13.6. The van der Waals surface area contributed by atoms with Gasteiger partial charge in [-0.1, -0.05) is 12.1 Å². The lowest BCUT2D eigenvalue weighted by molar-refractivity contribution is 0.103. The minimum absolute atomic E-state index is 0.316. The number of halogens is 2. The van der Waals surface area contributed by atoms with Gasteiger partial charge in [0.1, 0.15) is 21.5 Å². The molecule has 1 amide bonds. The van der Waals surface area contributed by atoms with E-state index in [0.29, 0.717) is 53.1 Å². The lowest BCUT2D eigenvalue weighted by atomic mass is 10.2. The molecule has 0 radical (unpaired) electrons. The molecule has 1 fully saturated rings. The predicted molar refractivity (Wildman–Crippen MR) is 105 cm³/mol. The van der Waals surface area contributed by atoms with Crippen molar-refractivity contribution in [3.8, 4) is 10.6 Å². The molecule has 2 heterocycles. The van der Waals surface area contributed by atoms with Crippen LogP contribution in [0.1, 0.15) is 9.67 Å². The number of amides is 1. The van der Waals surface area contributed by atoms with E-state index in [9.17, 15) is 13.6 Å². The molecule has 1 aromatic heterocycles. The number of carbonyl (C=O) groups excluding carboxylic acids is 1. The van der Waals surface area contributed by atoms with Crippen LogP contribution in [-0.4, -0.2) is 37.2 Å². The highest BCUT2D eigenvalue weighted by Crippen LogP contribution is 2.28. The number of morpholine rings is 1. The monoisotopic (exact) mass is 401 g/mol. The number of hydrogen-bond acceptors (Lipinski definition) is 5. The Bertz CT molecular complexity index is 1000. The van der Waals surface area contributed by atoms with Crippen LogP contribution in [0.4, 0.5) is 20.2 Å². The second-order valence-corrected chi connectivity index (χ2v) is 7.26. The smallest absolute Gasteiger partial charge is 0.267 e. The van der Waals surface area contributed by atoms with Gasteiger partial charge in [0.2, 0.25) is 0 Å². The maximum absolute atomic E-state index is 14.5. The lowest BCUT2D eigenvalue weighted by Crippen LogP contribution is -2.36. The van der Waals surface area contributed by atoms with E-state index in [2.05, 4.69) is 10.3 Å². The molecule has 144 valence electrons. The third-order valence-electron chi connectivity index (χ3n) is 4.39. The van der Waals surface area contributed by atoms with Crippen LogP contribution in [0.3, 0.4) is 0 Å². The number of anilines is 2. The van der Waals surface area contributed by atoms with Gasteiger partial charge in [-0.2, -0.15) is 0 Å². The van der Waals surface area contributed by atoms with Crippen molar-refractivity contribution in [2.45, 2.75) is 0 Å². The Labute approximate surface area is 164 Å². The van der Waals surface area contributed by atoms with Crippen molar-refractivity contribution >= 4 is 28.6 Å². The first-order valence-corrected chi connectivity index (χ1v) is 9.58. The van der Waals surface area contributed by atoms with Gasteiger partial charge in [0.05, 0.1) is 25.1 Å². The Morgan fingerprint density at radius 1 is 1.11 bits per heavy atom. The summed E-state index contributed by atoms with van der Waals surface area (Å²) in [5.41, 5.74) is 1.17. The average Bonchev–Trinajstić information content (AvgIpc) is 3.19. The highest BCUT2D eigenvalue weighted by atomic mass is 32.1. The number of carbonyl (C=O) groups is 1. The maximum Gasteiger partial charge on any atom is 0.267 e. The van der Waals surface area contributed by atoms with Crippen LogP contribution in [0.2, 0.25) is 0 Å². The Kier molecular flexibility index (Phi) is 5.31. The zero-order chi connectivity index (χ0) is 19.5. The van der Waals surface area contributed by atoms with E-state index in [0.717, 1.165) is 11.3 Å². The molecule has 0 aliphatic carbocycles. The van der Waals surface area contributed by atoms with E-state index in [1.165, 1.54) is 18.3 Å². The van der Waals surface area contributed by atoms with Gasteiger partial charge in [-0.25, -0.2) is 13.8 Å². The maximum atomic E-state index is 14.5. The summed E-state index contributed by atoms with van der Waals surface area (Å²) >= 11 is 1.08. The molecule has 1 saturated heterocycles. The predicted octanol–water partition coefficient (Wildman–Crippen LogP) is 4.18. The first-order valence-electron chi connectivity index (χ1n) is 8.76. The summed E-state index contributed by atoms with van der Waals surface area (Å²) in [5, 5.41) is 3.08. The third kappa shape index (κ3) is 3.88. The van der Waals surface area contributed by atoms with Gasteiger partial charge in [-0.15, -0.1) is 11.3 Å². The number of thiazole rings is 1. The van der Waals surface area contributed by atoms with E-state index < -0.39 is 17.5 Å². The number of benzene rings is 2. The summed E-state index contributed by atoms with van der Waals surface area (Å²) in [6, 6.07) is 10.8. The Morgan fingerprint density at radius 3 is 2.64 bits per heavy atom. The standard InChI is InChI=1S/C20H17F2N3O2S/c21-15-4-2-1-3-14(15)20-23-12-18(28-20)19(26)24-13-5-6-17(16(22)11-13)25-7-9-27-10-8-25/h1-6,11-12H,7-10H2,(H,24,26). The average molecular weight is 401 g/mol. The molecular formula is C20H17F2N3O2S. The molecule has 0 unspecified atom stereocenters. The summed E-state index contributed by atoms with van der Waals surface area (Å²) in [7, 11) is 0. The van der Waals surface area contributed by atoms with Gasteiger partial charge >= 0.3 is 0 Å². The van der Waals surface area contributed by atoms with Crippen molar-refractivity contribution in [3.05, 3.63) is 65.2 Å². The number of nitrogens with one attached hydrogen (secondary N) is 1. The van der Waals surface area contributed by atoms with Crippen LogP contribution in [0, 0.1) is 11.6 Å². The van der Waals surface area contributed by atoms with Gasteiger partial charge in [0.15, 0.2) is 0 Å². The number of aromatic nitrogens is 1. The van der Waals surface area contributed by atoms with Gasteiger partial charge in [-0.3, -0.25) is 4.79 Å². The van der Waals surface area contributed by atoms with E-state index in [1.54, 1.807) is 30.3 Å². The van der Waals surface area contributed by atoms with Crippen LogP contribution in [0.5, 0.6) is 0 Å². The molecule has 4 rings (SSSR count). The molecule has 1 aliphatic rings. The summed E-state index contributed by atoms with van der Waals surface area (Å²) in [4.78, 5) is 18.8. The van der Waals surface area contributed by atoms with E-state index in [1.807, 2.05) is 4.90 Å².